The summed E-state index contributed by atoms with van der Waals surface area (Å²) in [6.45, 7) is 7.64. The average Bonchev–Trinajstić information content (AvgIpc) is 3.74. The monoisotopic (exact) mass is 690 g/mol. The van der Waals surface area contributed by atoms with Crippen LogP contribution < -0.4 is 9.64 Å². The molecular weight excluding hydrogens is 649 g/mol. The zero-order valence-electron chi connectivity index (χ0n) is 28.5. The van der Waals surface area contributed by atoms with E-state index in [4.69, 9.17) is 14.5 Å². The molecule has 264 valence electrons. The number of amides is 1. The first kappa shape index (κ1) is 32.9. The second kappa shape index (κ2) is 12.2. The van der Waals surface area contributed by atoms with Crippen molar-refractivity contribution >= 4 is 33.6 Å². The number of hydrogen-bond donors (Lipinski definition) is 1. The Kier molecular flexibility index (Phi) is 8.05. The molecule has 4 aromatic rings. The second-order valence-electron chi connectivity index (χ2n) is 15.1. The van der Waals surface area contributed by atoms with Crippen LogP contribution in [-0.2, 0) is 4.74 Å². The van der Waals surface area contributed by atoms with Crippen molar-refractivity contribution in [1.29, 1.82) is 0 Å². The number of hydrogen-bond acceptors (Lipinski definition) is 9. The number of ether oxygens (including phenoxy) is 2. The molecule has 0 spiro atoms. The molecule has 2 aromatic heterocycles. The number of aliphatic hydroxyl groups excluding tert-OH is 1. The van der Waals surface area contributed by atoms with Gasteiger partial charge in [0.15, 0.2) is 17.5 Å². The fourth-order valence-electron chi connectivity index (χ4n) is 8.72. The number of carbonyl (C=O) groups excluding carboxylic acids is 1. The molecule has 4 fully saturated rings. The van der Waals surface area contributed by atoms with Gasteiger partial charge in [0.1, 0.15) is 29.2 Å². The van der Waals surface area contributed by atoms with E-state index in [2.05, 4.69) is 14.9 Å². The lowest BCUT2D eigenvalue weighted by Gasteiger charge is -2.42. The number of benzene rings is 2. The lowest BCUT2D eigenvalue weighted by molar-refractivity contribution is 0.0122. The van der Waals surface area contributed by atoms with Crippen LogP contribution in [0.3, 0.4) is 0 Å². The van der Waals surface area contributed by atoms with Crippen LogP contribution >= 0.6 is 0 Å². The van der Waals surface area contributed by atoms with Gasteiger partial charge >= 0.3 is 12.1 Å². The number of rotatable bonds is 6. The molecule has 0 saturated carbocycles. The summed E-state index contributed by atoms with van der Waals surface area (Å²) >= 11 is 0. The van der Waals surface area contributed by atoms with E-state index in [1.54, 1.807) is 12.1 Å². The summed E-state index contributed by atoms with van der Waals surface area (Å²) in [5.41, 5.74) is -1.01. The first-order valence-corrected chi connectivity index (χ1v) is 17.5. The summed E-state index contributed by atoms with van der Waals surface area (Å²) in [5.74, 6) is -2.49. The van der Waals surface area contributed by atoms with E-state index in [9.17, 15) is 14.3 Å². The van der Waals surface area contributed by atoms with Gasteiger partial charge in [0, 0.05) is 36.3 Å². The van der Waals surface area contributed by atoms with Crippen LogP contribution in [0.2, 0.25) is 0 Å². The molecule has 0 aliphatic carbocycles. The van der Waals surface area contributed by atoms with Crippen molar-refractivity contribution in [1.82, 2.24) is 24.8 Å². The maximum absolute atomic E-state index is 16.8. The van der Waals surface area contributed by atoms with E-state index in [1.165, 1.54) is 18.3 Å². The molecule has 2 unspecified atom stereocenters. The van der Waals surface area contributed by atoms with E-state index < -0.39 is 23.1 Å². The van der Waals surface area contributed by atoms with E-state index >= 15 is 8.78 Å². The SMILES string of the molecule is CC(C)(C)OC(=O)N1C2CCC1CN(c1nc(OC[C@]34CCCN3[C@H](CO)CC4)nc3c(F)c(-c4cccc5ccc(F)c(F)c45)ncc13)C2. The molecule has 8 rings (SSSR count). The van der Waals surface area contributed by atoms with Crippen LogP contribution in [-0.4, -0.2) is 98.1 Å². The Labute approximate surface area is 288 Å². The molecular formula is C37H41F3N6O4. The van der Waals surface area contributed by atoms with Gasteiger partial charge in [-0.3, -0.25) is 14.8 Å². The number of nitrogens with zero attached hydrogens (tertiary/aromatic N) is 6. The predicted octanol–water partition coefficient (Wildman–Crippen LogP) is 6.22. The van der Waals surface area contributed by atoms with Crippen molar-refractivity contribution in [2.75, 3.05) is 37.7 Å². The molecule has 4 aliphatic heterocycles. The molecule has 1 amide bonds. The fourth-order valence-corrected chi connectivity index (χ4v) is 8.72. The van der Waals surface area contributed by atoms with Gasteiger partial charge in [-0.05, 0) is 77.3 Å². The molecule has 4 atom stereocenters. The summed E-state index contributed by atoms with van der Waals surface area (Å²) in [6, 6.07) is 7.08. The molecule has 6 heterocycles. The van der Waals surface area contributed by atoms with Gasteiger partial charge in [-0.25, -0.2) is 18.0 Å². The first-order valence-electron chi connectivity index (χ1n) is 17.5. The minimum absolute atomic E-state index is 0.00529. The lowest BCUT2D eigenvalue weighted by atomic mass is 9.95. The van der Waals surface area contributed by atoms with Crippen LogP contribution in [0.15, 0.2) is 36.5 Å². The van der Waals surface area contributed by atoms with Crippen molar-refractivity contribution in [2.45, 2.75) is 88.6 Å². The van der Waals surface area contributed by atoms with Crippen molar-refractivity contribution in [3.8, 4) is 17.3 Å². The van der Waals surface area contributed by atoms with Crippen molar-refractivity contribution in [3.63, 3.8) is 0 Å². The highest BCUT2D eigenvalue weighted by Gasteiger charge is 2.50. The van der Waals surface area contributed by atoms with E-state index in [0.717, 1.165) is 51.1 Å². The maximum Gasteiger partial charge on any atom is 0.410 e. The Balaban J connectivity index is 1.20. The molecule has 50 heavy (non-hydrogen) atoms. The van der Waals surface area contributed by atoms with Gasteiger partial charge in [0.2, 0.25) is 0 Å². The summed E-state index contributed by atoms with van der Waals surface area (Å²) in [4.78, 5) is 33.3. The van der Waals surface area contributed by atoms with Gasteiger partial charge in [-0.2, -0.15) is 9.97 Å². The number of aromatic nitrogens is 3. The zero-order valence-corrected chi connectivity index (χ0v) is 28.5. The highest BCUT2D eigenvalue weighted by atomic mass is 19.2. The Morgan fingerprint density at radius 1 is 1.02 bits per heavy atom. The van der Waals surface area contributed by atoms with Gasteiger partial charge in [-0.15, -0.1) is 0 Å². The maximum atomic E-state index is 16.8. The normalized spacial score (nSPS) is 25.1. The van der Waals surface area contributed by atoms with E-state index in [-0.39, 0.29) is 71.1 Å². The van der Waals surface area contributed by atoms with Crippen LogP contribution in [0.5, 0.6) is 6.01 Å². The van der Waals surface area contributed by atoms with Gasteiger partial charge in [0.05, 0.1) is 29.6 Å². The summed E-state index contributed by atoms with van der Waals surface area (Å²) in [7, 11) is 0. The average molecular weight is 691 g/mol. The van der Waals surface area contributed by atoms with E-state index in [0.29, 0.717) is 29.7 Å². The van der Waals surface area contributed by atoms with Crippen molar-refractivity contribution in [3.05, 3.63) is 54.0 Å². The number of pyridine rings is 1. The third kappa shape index (κ3) is 5.49. The summed E-state index contributed by atoms with van der Waals surface area (Å²) in [5, 5.41) is 10.7. The topological polar surface area (TPSA) is 104 Å². The number of fused-ring (bicyclic) bond motifs is 5. The zero-order chi connectivity index (χ0) is 34.9. The Hall–Kier alpha value is -4.23. The smallest absolute Gasteiger partial charge is 0.410 e. The largest absolute Gasteiger partial charge is 0.461 e. The molecule has 2 bridgehead atoms. The third-order valence-electron chi connectivity index (χ3n) is 10.9. The molecule has 2 aromatic carbocycles. The Bertz CT molecular complexity index is 1980. The van der Waals surface area contributed by atoms with Crippen LogP contribution in [0.25, 0.3) is 32.9 Å². The van der Waals surface area contributed by atoms with Crippen LogP contribution in [0.4, 0.5) is 23.8 Å². The quantitative estimate of drug-likeness (QED) is 0.253. The Morgan fingerprint density at radius 3 is 2.54 bits per heavy atom. The molecule has 1 N–H and O–H groups in total. The molecule has 10 nitrogen and oxygen atoms in total. The fraction of sp³-hybridized carbons (Fsp3) is 0.514. The van der Waals surface area contributed by atoms with Crippen molar-refractivity contribution < 1.29 is 32.5 Å². The minimum Gasteiger partial charge on any atom is -0.461 e. The highest BCUT2D eigenvalue weighted by Crippen LogP contribution is 2.43. The van der Waals surface area contributed by atoms with Gasteiger partial charge in [0.25, 0.3) is 0 Å². The first-order chi connectivity index (χ1) is 24.0. The number of anilines is 1. The Morgan fingerprint density at radius 2 is 1.80 bits per heavy atom. The number of carbonyl (C=O) groups is 1. The van der Waals surface area contributed by atoms with Gasteiger partial charge < -0.3 is 19.5 Å². The minimum atomic E-state index is -1.08. The highest BCUT2D eigenvalue weighted by molar-refractivity contribution is 5.99. The number of aliphatic hydroxyl groups is 1. The molecule has 0 radical (unpaired) electrons. The molecule has 4 saturated heterocycles. The number of piperazine rings is 1. The van der Waals surface area contributed by atoms with Crippen LogP contribution in [0, 0.1) is 17.5 Å². The van der Waals surface area contributed by atoms with Crippen LogP contribution in [0.1, 0.15) is 59.3 Å². The molecule has 4 aliphatic rings. The third-order valence-corrected chi connectivity index (χ3v) is 10.9. The van der Waals surface area contributed by atoms with Gasteiger partial charge in [-0.1, -0.05) is 24.3 Å². The standard InChI is InChI=1S/C37H41F3N6O4/c1-36(2,3)50-35(48)46-22-9-10-23(46)18-44(17-22)33-26-16-41-31(25-7-4-6-21-8-11-27(38)29(39)28(21)25)30(40)32(26)42-34(43-33)49-20-37-13-5-15-45(37)24(19-47)12-14-37/h4,6-8,11,16,22-24,47H,5,9-10,12-15,17-20H2,1-3H3/t22?,23?,24-,37+/m0/s1. The predicted molar refractivity (Wildman–Crippen MR) is 182 cm³/mol. The second-order valence-corrected chi connectivity index (χ2v) is 15.1. The van der Waals surface area contributed by atoms with E-state index in [1.807, 2.05) is 30.6 Å². The van der Waals surface area contributed by atoms with Crippen molar-refractivity contribution in [2.24, 2.45) is 0 Å². The number of halogens is 3. The summed E-state index contributed by atoms with van der Waals surface area (Å²) < 4.78 is 58.5. The summed E-state index contributed by atoms with van der Waals surface area (Å²) in [6.07, 6.45) is 6.32. The lowest BCUT2D eigenvalue weighted by Crippen LogP contribution is -2.57. The molecule has 13 heteroatoms.